The summed E-state index contributed by atoms with van der Waals surface area (Å²) in [6.45, 7) is 3.56. The lowest BCUT2D eigenvalue weighted by Gasteiger charge is -2.33. The van der Waals surface area contributed by atoms with E-state index in [4.69, 9.17) is 0 Å². The van der Waals surface area contributed by atoms with Gasteiger partial charge in [-0.3, -0.25) is 0 Å². The van der Waals surface area contributed by atoms with E-state index < -0.39 is 0 Å². The quantitative estimate of drug-likeness (QED) is 0.710. The molecule has 80 valence electrons. The molecule has 1 aliphatic heterocycles. The van der Waals surface area contributed by atoms with Crippen LogP contribution in [0.15, 0.2) is 18.2 Å². The predicted octanol–water partition coefficient (Wildman–Crippen LogP) is 3.16. The molecule has 1 fully saturated rings. The van der Waals surface area contributed by atoms with Gasteiger partial charge in [0.05, 0.1) is 0 Å². The summed E-state index contributed by atoms with van der Waals surface area (Å²) in [6, 6.07) is 7.73. The third-order valence-corrected chi connectivity index (χ3v) is 3.70. The minimum atomic E-state index is 0.872. The van der Waals surface area contributed by atoms with E-state index >= 15 is 0 Å². The molecule has 3 rings (SSSR count). The summed E-state index contributed by atoms with van der Waals surface area (Å²) in [6.07, 6.45) is 6.63. The molecule has 0 spiro atoms. The van der Waals surface area contributed by atoms with Gasteiger partial charge in [-0.25, -0.2) is 0 Å². The lowest BCUT2D eigenvalue weighted by atomic mass is 9.96. The second kappa shape index (κ2) is 3.55. The van der Waals surface area contributed by atoms with Gasteiger partial charge in [0, 0.05) is 18.3 Å². The molecular formula is C14H19N. The topological polar surface area (TPSA) is 3.24 Å². The van der Waals surface area contributed by atoms with Gasteiger partial charge in [-0.1, -0.05) is 25.1 Å². The summed E-state index contributed by atoms with van der Waals surface area (Å²) in [7, 11) is 0. The van der Waals surface area contributed by atoms with Crippen molar-refractivity contribution in [2.75, 3.05) is 11.4 Å². The first-order valence-electron chi connectivity index (χ1n) is 6.27. The van der Waals surface area contributed by atoms with E-state index in [2.05, 4.69) is 30.0 Å². The average Bonchev–Trinajstić information content (AvgIpc) is 3.11. The van der Waals surface area contributed by atoms with Crippen molar-refractivity contribution in [3.8, 4) is 0 Å². The predicted molar refractivity (Wildman–Crippen MR) is 64.5 cm³/mol. The minimum absolute atomic E-state index is 0.872. The van der Waals surface area contributed by atoms with Gasteiger partial charge < -0.3 is 4.90 Å². The first-order chi connectivity index (χ1) is 7.40. The van der Waals surface area contributed by atoms with E-state index in [9.17, 15) is 0 Å². The fraction of sp³-hybridized carbons (Fsp3) is 0.571. The number of anilines is 1. The minimum Gasteiger partial charge on any atom is -0.368 e. The van der Waals surface area contributed by atoms with E-state index in [1.54, 1.807) is 16.8 Å². The molecule has 1 aromatic rings. The maximum absolute atomic E-state index is 2.68. The molecule has 1 nitrogen and oxygen atoms in total. The highest BCUT2D eigenvalue weighted by atomic mass is 15.2. The lowest BCUT2D eigenvalue weighted by Crippen LogP contribution is -2.32. The van der Waals surface area contributed by atoms with Crippen molar-refractivity contribution in [3.63, 3.8) is 0 Å². The van der Waals surface area contributed by atoms with Gasteiger partial charge >= 0.3 is 0 Å². The molecule has 2 aliphatic rings. The smallest absolute Gasteiger partial charge is 0.0433 e. The molecule has 0 unspecified atom stereocenters. The van der Waals surface area contributed by atoms with Crippen LogP contribution in [0.25, 0.3) is 0 Å². The van der Waals surface area contributed by atoms with Crippen LogP contribution in [0.5, 0.6) is 0 Å². The van der Waals surface area contributed by atoms with Gasteiger partial charge in [-0.2, -0.15) is 0 Å². The summed E-state index contributed by atoms with van der Waals surface area (Å²) >= 11 is 0. The largest absolute Gasteiger partial charge is 0.368 e. The number of fused-ring (bicyclic) bond motifs is 1. The molecule has 0 amide bonds. The fourth-order valence-electron chi connectivity index (χ4n) is 2.80. The Hall–Kier alpha value is -0.980. The van der Waals surface area contributed by atoms with Crippen LogP contribution in [0.2, 0.25) is 0 Å². The van der Waals surface area contributed by atoms with Gasteiger partial charge in [-0.05, 0) is 43.2 Å². The molecule has 1 heterocycles. The first-order valence-corrected chi connectivity index (χ1v) is 6.27. The van der Waals surface area contributed by atoms with Gasteiger partial charge in [0.15, 0.2) is 0 Å². The summed E-state index contributed by atoms with van der Waals surface area (Å²) in [4.78, 5) is 2.68. The zero-order valence-electron chi connectivity index (χ0n) is 9.50. The molecular weight excluding hydrogens is 182 g/mol. The molecule has 1 aromatic carbocycles. The lowest BCUT2D eigenvalue weighted by molar-refractivity contribution is 0.683. The normalized spacial score (nSPS) is 20.2. The Kier molecular flexibility index (Phi) is 2.19. The zero-order valence-corrected chi connectivity index (χ0v) is 9.50. The van der Waals surface area contributed by atoms with Gasteiger partial charge in [-0.15, -0.1) is 0 Å². The first kappa shape index (κ1) is 9.26. The van der Waals surface area contributed by atoms with Crippen LogP contribution in [-0.4, -0.2) is 12.6 Å². The van der Waals surface area contributed by atoms with Gasteiger partial charge in [0.1, 0.15) is 0 Å². The Labute approximate surface area is 92.1 Å². The number of hydrogen-bond donors (Lipinski definition) is 0. The van der Waals surface area contributed by atoms with Crippen LogP contribution in [0, 0.1) is 0 Å². The van der Waals surface area contributed by atoms with Crippen LogP contribution in [0.1, 0.15) is 37.3 Å². The molecule has 0 atom stereocenters. The molecule has 0 bridgehead atoms. The number of aryl methyl sites for hydroxylation is 2. The maximum atomic E-state index is 2.68. The number of benzene rings is 1. The van der Waals surface area contributed by atoms with Crippen molar-refractivity contribution in [2.45, 2.75) is 45.1 Å². The Bertz CT molecular complexity index is 351. The second-order valence-corrected chi connectivity index (χ2v) is 4.81. The molecule has 0 radical (unpaired) electrons. The highest BCUT2D eigenvalue weighted by Crippen LogP contribution is 2.39. The third-order valence-electron chi connectivity index (χ3n) is 3.70. The van der Waals surface area contributed by atoms with Crippen LogP contribution < -0.4 is 4.90 Å². The van der Waals surface area contributed by atoms with Crippen molar-refractivity contribution in [3.05, 3.63) is 29.3 Å². The van der Waals surface area contributed by atoms with E-state index in [-0.39, 0.29) is 0 Å². The monoisotopic (exact) mass is 201 g/mol. The van der Waals surface area contributed by atoms with E-state index in [1.165, 1.54) is 38.6 Å². The average molecular weight is 201 g/mol. The second-order valence-electron chi connectivity index (χ2n) is 4.81. The van der Waals surface area contributed by atoms with Gasteiger partial charge in [0.25, 0.3) is 0 Å². The van der Waals surface area contributed by atoms with Crippen molar-refractivity contribution in [1.82, 2.24) is 0 Å². The molecule has 1 aliphatic carbocycles. The number of nitrogens with zero attached hydrogens (tertiary/aromatic N) is 1. The van der Waals surface area contributed by atoms with Crippen LogP contribution in [0.3, 0.4) is 0 Å². The summed E-state index contributed by atoms with van der Waals surface area (Å²) in [5.74, 6) is 0. The number of hydrogen-bond acceptors (Lipinski definition) is 1. The molecule has 0 N–H and O–H groups in total. The van der Waals surface area contributed by atoms with Crippen LogP contribution >= 0.6 is 0 Å². The Morgan fingerprint density at radius 2 is 2.20 bits per heavy atom. The summed E-state index contributed by atoms with van der Waals surface area (Å²) in [5, 5.41) is 0. The fourth-order valence-corrected chi connectivity index (χ4v) is 2.80. The van der Waals surface area contributed by atoms with Crippen molar-refractivity contribution in [2.24, 2.45) is 0 Å². The summed E-state index contributed by atoms with van der Waals surface area (Å²) < 4.78 is 0. The standard InChI is InChI=1S/C14H19N/c1-2-11-5-3-6-12-7-4-10-15(14(11)12)13-8-9-13/h3,5-6,13H,2,4,7-10H2,1H3. The molecule has 1 saturated carbocycles. The number of para-hydroxylation sites is 1. The van der Waals surface area contributed by atoms with E-state index in [0.29, 0.717) is 0 Å². The highest BCUT2D eigenvalue weighted by molar-refractivity contribution is 5.62. The van der Waals surface area contributed by atoms with Gasteiger partial charge in [0.2, 0.25) is 0 Å². The Morgan fingerprint density at radius 1 is 1.33 bits per heavy atom. The van der Waals surface area contributed by atoms with Crippen LogP contribution in [0.4, 0.5) is 5.69 Å². The highest BCUT2D eigenvalue weighted by Gasteiger charge is 2.32. The number of rotatable bonds is 2. The zero-order chi connectivity index (χ0) is 10.3. The molecule has 0 saturated heterocycles. The van der Waals surface area contributed by atoms with Crippen molar-refractivity contribution in [1.29, 1.82) is 0 Å². The SMILES string of the molecule is CCc1cccc2c1N(C1CC1)CCC2. The molecule has 0 aromatic heterocycles. The van der Waals surface area contributed by atoms with Crippen molar-refractivity contribution < 1.29 is 0 Å². The Morgan fingerprint density at radius 3 is 2.93 bits per heavy atom. The van der Waals surface area contributed by atoms with E-state index in [0.717, 1.165) is 6.04 Å². The summed E-state index contributed by atoms with van der Waals surface area (Å²) in [5.41, 5.74) is 4.74. The Balaban J connectivity index is 2.06. The third kappa shape index (κ3) is 1.54. The van der Waals surface area contributed by atoms with Crippen molar-refractivity contribution >= 4 is 5.69 Å². The molecule has 1 heteroatoms. The van der Waals surface area contributed by atoms with E-state index in [1.807, 2.05) is 0 Å². The maximum Gasteiger partial charge on any atom is 0.0433 e. The molecule has 15 heavy (non-hydrogen) atoms. The van der Waals surface area contributed by atoms with Crippen LogP contribution in [-0.2, 0) is 12.8 Å².